The minimum Gasteiger partial charge on any atom is -0.522 e. The van der Waals surface area contributed by atoms with E-state index in [0.29, 0.717) is 0 Å². The zero-order valence-electron chi connectivity index (χ0n) is 10.8. The van der Waals surface area contributed by atoms with E-state index in [1.807, 2.05) is 19.6 Å². The summed E-state index contributed by atoms with van der Waals surface area (Å²) in [5.41, 5.74) is 0. The first-order chi connectivity index (χ1) is 7.23. The van der Waals surface area contributed by atoms with Crippen LogP contribution in [0.3, 0.4) is 0 Å². The van der Waals surface area contributed by atoms with Crippen LogP contribution >= 0.6 is 0 Å². The van der Waals surface area contributed by atoms with E-state index in [1.165, 1.54) is 13.8 Å². The number of carbonyl (C=O) groups excluding carboxylic acids is 2. The second-order valence-corrected chi connectivity index (χ2v) is 11.3. The Morgan fingerprint density at radius 3 is 2.19 bits per heavy atom. The van der Waals surface area contributed by atoms with Gasteiger partial charge >= 0.3 is 0 Å². The minimum atomic E-state index is -1.84. The fourth-order valence-corrected chi connectivity index (χ4v) is 5.41. The Bertz CT molecular complexity index is 253. The van der Waals surface area contributed by atoms with Crippen LogP contribution in [0.25, 0.3) is 0 Å². The van der Waals surface area contributed by atoms with Crippen LogP contribution in [0.15, 0.2) is 0 Å². The van der Waals surface area contributed by atoms with E-state index in [-0.39, 0.29) is 11.9 Å². The molecule has 0 aromatic carbocycles. The molecule has 0 aromatic heterocycles. The van der Waals surface area contributed by atoms with Crippen LogP contribution in [0.4, 0.5) is 0 Å². The lowest BCUT2D eigenvalue weighted by Crippen LogP contribution is -2.32. The van der Waals surface area contributed by atoms with E-state index < -0.39 is 17.4 Å². The lowest BCUT2D eigenvalue weighted by Gasteiger charge is -2.22. The third-order valence-electron chi connectivity index (χ3n) is 2.18. The molecule has 0 spiro atoms. The summed E-state index contributed by atoms with van der Waals surface area (Å²) >= 11 is 0. The van der Waals surface area contributed by atoms with Crippen molar-refractivity contribution >= 4 is 29.3 Å². The van der Waals surface area contributed by atoms with Gasteiger partial charge in [0.15, 0.2) is 0 Å². The third-order valence-corrected chi connectivity index (χ3v) is 6.53. The second kappa shape index (κ2) is 6.85. The Hall–Kier alpha value is -0.626. The van der Waals surface area contributed by atoms with Gasteiger partial charge in [-0.15, -0.1) is 0 Å². The summed E-state index contributed by atoms with van der Waals surface area (Å²) in [5.74, 6) is -0.377. The predicted molar refractivity (Wildman–Crippen MR) is 68.3 cm³/mol. The van der Waals surface area contributed by atoms with Gasteiger partial charge in [-0.05, 0) is 31.7 Å². The molecule has 0 aliphatic rings. The van der Waals surface area contributed by atoms with Gasteiger partial charge in [0.2, 0.25) is 17.4 Å². The number of hydrogen-bond donors (Lipinski definition) is 0. The van der Waals surface area contributed by atoms with Gasteiger partial charge in [-0.3, -0.25) is 9.59 Å². The third kappa shape index (κ3) is 8.66. The van der Waals surface area contributed by atoms with Crippen LogP contribution in [0.2, 0.25) is 31.7 Å². The van der Waals surface area contributed by atoms with Gasteiger partial charge in [0.25, 0.3) is 11.9 Å². The topological polar surface area (TPSA) is 52.6 Å². The number of carbonyl (C=O) groups is 2. The molecule has 1 atom stereocenters. The van der Waals surface area contributed by atoms with Crippen molar-refractivity contribution < 1.29 is 18.4 Å². The molecule has 0 amide bonds. The lowest BCUT2D eigenvalue weighted by molar-refractivity contribution is -0.133. The molecule has 0 N–H and O–H groups in total. The highest BCUT2D eigenvalue weighted by Gasteiger charge is 2.25. The van der Waals surface area contributed by atoms with Crippen molar-refractivity contribution in [2.45, 2.75) is 52.0 Å². The molecule has 94 valence electrons. The van der Waals surface area contributed by atoms with E-state index in [2.05, 4.69) is 0 Å². The maximum Gasteiger partial charge on any atom is 0.289 e. The molecule has 0 bridgehead atoms. The van der Waals surface area contributed by atoms with Crippen molar-refractivity contribution in [1.82, 2.24) is 0 Å². The average molecular weight is 262 g/mol. The van der Waals surface area contributed by atoms with Gasteiger partial charge in [0.1, 0.15) is 0 Å². The molecule has 0 aromatic rings. The summed E-state index contributed by atoms with van der Waals surface area (Å²) in [4.78, 5) is 21.6. The Balaban J connectivity index is 3.79. The van der Waals surface area contributed by atoms with Crippen LogP contribution in [0.5, 0.6) is 0 Å². The molecule has 1 unspecified atom stereocenters. The molecule has 0 aliphatic carbocycles. The molecular formula is C10H22O4Si2. The number of hydrogen-bond acceptors (Lipinski definition) is 4. The average Bonchev–Trinajstić information content (AvgIpc) is 1.98. The normalized spacial score (nSPS) is 13.1. The van der Waals surface area contributed by atoms with Crippen LogP contribution in [-0.2, 0) is 18.4 Å². The Kier molecular flexibility index (Phi) is 6.58. The van der Waals surface area contributed by atoms with Crippen LogP contribution in [0.1, 0.15) is 20.3 Å². The zero-order chi connectivity index (χ0) is 12.8. The monoisotopic (exact) mass is 262 g/mol. The van der Waals surface area contributed by atoms with E-state index >= 15 is 0 Å². The SMILES string of the molecule is CC(=O)O[SiH](C)CCC[Si](C)(C)OC(C)=O. The molecule has 4 nitrogen and oxygen atoms in total. The largest absolute Gasteiger partial charge is 0.522 e. The summed E-state index contributed by atoms with van der Waals surface area (Å²) in [6.07, 6.45) is 0.979. The Labute approximate surface area is 100 Å². The maximum absolute atomic E-state index is 10.9. The number of rotatable bonds is 6. The van der Waals surface area contributed by atoms with Crippen molar-refractivity contribution in [2.75, 3.05) is 0 Å². The van der Waals surface area contributed by atoms with Crippen LogP contribution in [-0.4, -0.2) is 29.3 Å². The van der Waals surface area contributed by atoms with Gasteiger partial charge in [-0.1, -0.05) is 6.42 Å². The molecule has 0 saturated heterocycles. The van der Waals surface area contributed by atoms with E-state index in [4.69, 9.17) is 8.85 Å². The molecule has 0 rings (SSSR count). The van der Waals surface area contributed by atoms with Crippen molar-refractivity contribution in [1.29, 1.82) is 0 Å². The summed E-state index contributed by atoms with van der Waals surface area (Å²) in [7, 11) is -3.19. The quantitative estimate of drug-likeness (QED) is 0.688. The summed E-state index contributed by atoms with van der Waals surface area (Å²) in [5, 5.41) is 0. The molecule has 6 heteroatoms. The second-order valence-electron chi connectivity index (χ2n) is 4.67. The van der Waals surface area contributed by atoms with Crippen molar-refractivity contribution in [3.05, 3.63) is 0 Å². The van der Waals surface area contributed by atoms with Crippen molar-refractivity contribution in [3.8, 4) is 0 Å². The maximum atomic E-state index is 10.9. The first-order valence-electron chi connectivity index (χ1n) is 5.60. The zero-order valence-corrected chi connectivity index (χ0v) is 13.0. The predicted octanol–water partition coefficient (Wildman–Crippen LogP) is 2.06. The van der Waals surface area contributed by atoms with E-state index in [0.717, 1.165) is 18.5 Å². The smallest absolute Gasteiger partial charge is 0.289 e. The first-order valence-corrected chi connectivity index (χ1v) is 11.2. The van der Waals surface area contributed by atoms with Gasteiger partial charge in [0, 0.05) is 13.8 Å². The minimum absolute atomic E-state index is 0.185. The van der Waals surface area contributed by atoms with Crippen LogP contribution in [0, 0.1) is 0 Å². The van der Waals surface area contributed by atoms with Crippen molar-refractivity contribution in [2.24, 2.45) is 0 Å². The van der Waals surface area contributed by atoms with Gasteiger partial charge in [0.05, 0.1) is 0 Å². The first kappa shape index (κ1) is 15.4. The van der Waals surface area contributed by atoms with Crippen molar-refractivity contribution in [3.63, 3.8) is 0 Å². The molecule has 0 fully saturated rings. The Morgan fingerprint density at radius 2 is 1.75 bits per heavy atom. The molecule has 0 saturated carbocycles. The van der Waals surface area contributed by atoms with Gasteiger partial charge in [-0.2, -0.15) is 0 Å². The van der Waals surface area contributed by atoms with Crippen LogP contribution < -0.4 is 0 Å². The lowest BCUT2D eigenvalue weighted by atomic mass is 10.6. The molecular weight excluding hydrogens is 240 g/mol. The van der Waals surface area contributed by atoms with Gasteiger partial charge < -0.3 is 8.85 Å². The molecule has 0 radical (unpaired) electrons. The fourth-order valence-electron chi connectivity index (χ4n) is 1.60. The van der Waals surface area contributed by atoms with Gasteiger partial charge in [-0.25, -0.2) is 0 Å². The highest BCUT2D eigenvalue weighted by molar-refractivity contribution is 6.72. The molecule has 0 aliphatic heterocycles. The Morgan fingerprint density at radius 1 is 1.19 bits per heavy atom. The highest BCUT2D eigenvalue weighted by atomic mass is 28.4. The summed E-state index contributed by atoms with van der Waals surface area (Å²) < 4.78 is 10.5. The molecule has 16 heavy (non-hydrogen) atoms. The standard InChI is InChI=1S/C10H22O4Si2/c1-9(11)13-15(3)7-6-8-16(4,5)14-10(2)12/h15H,6-8H2,1-5H3. The fraction of sp³-hybridized carbons (Fsp3) is 0.800. The summed E-state index contributed by atoms with van der Waals surface area (Å²) in [6, 6.07) is 1.89. The summed E-state index contributed by atoms with van der Waals surface area (Å²) in [6.45, 7) is 8.98. The van der Waals surface area contributed by atoms with E-state index in [9.17, 15) is 9.59 Å². The molecule has 0 heterocycles. The highest BCUT2D eigenvalue weighted by Crippen LogP contribution is 2.16. The van der Waals surface area contributed by atoms with E-state index in [1.54, 1.807) is 0 Å².